The standard InChI is InChI=1S/C37H34N2Si2/c1-7-19-32(20-8-1)40(33-21-9-2-10-22-33,34-23-11-3-12-24-34)38-31-39-41(35-25-13-4-14-26-35,36-27-15-5-16-28-36)37-29-17-6-18-30-37/h1-30,38-39H,31H2. The SMILES string of the molecule is c1ccc([Si](NCN[Si](c2ccccc2)(c2ccccc2)c2ccccc2)(c2ccccc2)c2ccccc2)cc1. The summed E-state index contributed by atoms with van der Waals surface area (Å²) in [5.74, 6) is 0. The van der Waals surface area contributed by atoms with E-state index in [-0.39, 0.29) is 0 Å². The monoisotopic (exact) mass is 562 g/mol. The minimum absolute atomic E-state index is 0.649. The van der Waals surface area contributed by atoms with Crippen molar-refractivity contribution in [3.63, 3.8) is 0 Å². The number of nitrogens with one attached hydrogen (secondary N) is 2. The molecule has 0 aliphatic rings. The third-order valence-electron chi connectivity index (χ3n) is 7.95. The average Bonchev–Trinajstić information content (AvgIpc) is 3.08. The second-order valence-corrected chi connectivity index (χ2v) is 17.4. The van der Waals surface area contributed by atoms with E-state index in [4.69, 9.17) is 0 Å². The Bertz CT molecular complexity index is 1310. The molecule has 0 amide bonds. The normalized spacial score (nSPS) is 11.7. The topological polar surface area (TPSA) is 24.1 Å². The van der Waals surface area contributed by atoms with Gasteiger partial charge in [0.25, 0.3) is 0 Å². The lowest BCUT2D eigenvalue weighted by molar-refractivity contribution is 0.854. The molecule has 0 aliphatic heterocycles. The smallest absolute Gasteiger partial charge is 0.223 e. The van der Waals surface area contributed by atoms with E-state index >= 15 is 0 Å². The van der Waals surface area contributed by atoms with E-state index in [9.17, 15) is 0 Å². The molecule has 4 heteroatoms. The maximum Gasteiger partial charge on any atom is 0.223 e. The maximum atomic E-state index is 4.21. The van der Waals surface area contributed by atoms with E-state index in [0.29, 0.717) is 6.67 Å². The van der Waals surface area contributed by atoms with Crippen molar-refractivity contribution < 1.29 is 0 Å². The van der Waals surface area contributed by atoms with Crippen molar-refractivity contribution in [2.24, 2.45) is 0 Å². The van der Waals surface area contributed by atoms with Crippen LogP contribution in [0.3, 0.4) is 0 Å². The van der Waals surface area contributed by atoms with Gasteiger partial charge in [-0.2, -0.15) is 0 Å². The fourth-order valence-corrected chi connectivity index (χ4v) is 14.3. The van der Waals surface area contributed by atoms with Crippen LogP contribution in [0.15, 0.2) is 182 Å². The van der Waals surface area contributed by atoms with Crippen molar-refractivity contribution in [3.05, 3.63) is 182 Å². The lowest BCUT2D eigenvalue weighted by Crippen LogP contribution is -2.81. The van der Waals surface area contributed by atoms with Crippen LogP contribution in [-0.4, -0.2) is 23.1 Å². The molecule has 0 fully saturated rings. The molecule has 0 saturated carbocycles. The average molecular weight is 563 g/mol. The van der Waals surface area contributed by atoms with Crippen LogP contribution in [-0.2, 0) is 0 Å². The number of benzene rings is 6. The van der Waals surface area contributed by atoms with E-state index in [1.165, 1.54) is 31.1 Å². The summed E-state index contributed by atoms with van der Waals surface area (Å²) in [7, 11) is -5.23. The van der Waals surface area contributed by atoms with Crippen LogP contribution in [0, 0.1) is 0 Å². The summed E-state index contributed by atoms with van der Waals surface area (Å²) in [5, 5.41) is 8.03. The first-order chi connectivity index (χ1) is 20.3. The Balaban J connectivity index is 1.50. The van der Waals surface area contributed by atoms with Gasteiger partial charge in [0.05, 0.1) is 0 Å². The van der Waals surface area contributed by atoms with E-state index in [2.05, 4.69) is 192 Å². The largest absolute Gasteiger partial charge is 0.315 e. The van der Waals surface area contributed by atoms with E-state index in [0.717, 1.165) is 0 Å². The Kier molecular flexibility index (Phi) is 8.17. The van der Waals surface area contributed by atoms with Crippen LogP contribution in [0.4, 0.5) is 0 Å². The molecule has 2 nitrogen and oxygen atoms in total. The fourth-order valence-electron chi connectivity index (χ4n) is 6.05. The highest BCUT2D eigenvalue weighted by atomic mass is 28.3. The molecule has 6 aromatic rings. The van der Waals surface area contributed by atoms with Gasteiger partial charge < -0.3 is 9.96 Å². The summed E-state index contributed by atoms with van der Waals surface area (Å²) in [5.41, 5.74) is 0. The highest BCUT2D eigenvalue weighted by Gasteiger charge is 2.43. The molecule has 0 spiro atoms. The Hall–Kier alpha value is -4.33. The van der Waals surface area contributed by atoms with Crippen LogP contribution < -0.4 is 41.1 Å². The van der Waals surface area contributed by atoms with Crippen LogP contribution in [0.5, 0.6) is 0 Å². The summed E-state index contributed by atoms with van der Waals surface area (Å²) in [6, 6.07) is 66.0. The quantitative estimate of drug-likeness (QED) is 0.152. The van der Waals surface area contributed by atoms with Gasteiger partial charge in [0, 0.05) is 6.67 Å². The molecule has 0 saturated heterocycles. The molecular weight excluding hydrogens is 529 g/mol. The third-order valence-corrected chi connectivity index (χ3v) is 16.6. The Morgan fingerprint density at radius 2 is 0.439 bits per heavy atom. The first kappa shape index (κ1) is 26.9. The molecular formula is C37H34N2Si2. The minimum atomic E-state index is -2.62. The molecule has 0 radical (unpaired) electrons. The molecule has 41 heavy (non-hydrogen) atoms. The van der Waals surface area contributed by atoms with Gasteiger partial charge in [-0.3, -0.25) is 0 Å². The molecule has 0 atom stereocenters. The van der Waals surface area contributed by atoms with Crippen molar-refractivity contribution in [3.8, 4) is 0 Å². The van der Waals surface area contributed by atoms with Crippen molar-refractivity contribution in [1.82, 2.24) is 9.96 Å². The molecule has 0 aromatic heterocycles. The van der Waals surface area contributed by atoms with Gasteiger partial charge in [0.1, 0.15) is 0 Å². The molecule has 0 heterocycles. The summed E-state index contributed by atoms with van der Waals surface area (Å²) in [4.78, 5) is 8.42. The van der Waals surface area contributed by atoms with Crippen LogP contribution >= 0.6 is 0 Å². The molecule has 0 aliphatic carbocycles. The summed E-state index contributed by atoms with van der Waals surface area (Å²) in [6.07, 6.45) is 0. The first-order valence-corrected chi connectivity index (χ1v) is 18.2. The summed E-state index contributed by atoms with van der Waals surface area (Å²) in [6.45, 7) is 0.649. The summed E-state index contributed by atoms with van der Waals surface area (Å²) >= 11 is 0. The predicted octanol–water partition coefficient (Wildman–Crippen LogP) is 3.46. The van der Waals surface area contributed by atoms with Gasteiger partial charge in [-0.1, -0.05) is 182 Å². The molecule has 0 bridgehead atoms. The second kappa shape index (κ2) is 12.5. The molecule has 200 valence electrons. The molecule has 0 unspecified atom stereocenters. The highest BCUT2D eigenvalue weighted by molar-refractivity contribution is 7.11. The van der Waals surface area contributed by atoms with Crippen molar-refractivity contribution in [1.29, 1.82) is 0 Å². The zero-order chi connectivity index (χ0) is 27.8. The lowest BCUT2D eigenvalue weighted by Gasteiger charge is -2.38. The van der Waals surface area contributed by atoms with Gasteiger partial charge in [-0.25, -0.2) is 0 Å². The van der Waals surface area contributed by atoms with Crippen LogP contribution in [0.2, 0.25) is 0 Å². The van der Waals surface area contributed by atoms with Crippen LogP contribution in [0.1, 0.15) is 0 Å². The van der Waals surface area contributed by atoms with Gasteiger partial charge in [0.15, 0.2) is 0 Å². The van der Waals surface area contributed by atoms with E-state index < -0.39 is 16.5 Å². The maximum absolute atomic E-state index is 4.21. The predicted molar refractivity (Wildman–Crippen MR) is 179 cm³/mol. The fraction of sp³-hybridized carbons (Fsp3) is 0.0270. The second-order valence-electron chi connectivity index (χ2n) is 10.2. The van der Waals surface area contributed by atoms with E-state index in [1.807, 2.05) is 0 Å². The van der Waals surface area contributed by atoms with Gasteiger partial charge in [-0.15, -0.1) is 0 Å². The van der Waals surface area contributed by atoms with Gasteiger partial charge in [-0.05, 0) is 31.1 Å². The number of hydrogen-bond donors (Lipinski definition) is 2. The Labute approximate surface area is 245 Å². The summed E-state index contributed by atoms with van der Waals surface area (Å²) < 4.78 is 0. The van der Waals surface area contributed by atoms with Gasteiger partial charge in [0.2, 0.25) is 16.5 Å². The molecule has 6 rings (SSSR count). The van der Waals surface area contributed by atoms with E-state index in [1.54, 1.807) is 0 Å². The third kappa shape index (κ3) is 5.26. The Morgan fingerprint density at radius 1 is 0.268 bits per heavy atom. The zero-order valence-electron chi connectivity index (χ0n) is 23.0. The van der Waals surface area contributed by atoms with Crippen molar-refractivity contribution in [2.75, 3.05) is 6.67 Å². The molecule has 6 aromatic carbocycles. The number of rotatable bonds is 10. The van der Waals surface area contributed by atoms with Crippen molar-refractivity contribution >= 4 is 47.6 Å². The highest BCUT2D eigenvalue weighted by Crippen LogP contribution is 2.08. The number of hydrogen-bond acceptors (Lipinski definition) is 2. The zero-order valence-corrected chi connectivity index (χ0v) is 25.0. The first-order valence-electron chi connectivity index (χ1n) is 14.2. The van der Waals surface area contributed by atoms with Crippen molar-refractivity contribution in [2.45, 2.75) is 0 Å². The van der Waals surface area contributed by atoms with Gasteiger partial charge >= 0.3 is 0 Å². The lowest BCUT2D eigenvalue weighted by atomic mass is 10.3. The minimum Gasteiger partial charge on any atom is -0.315 e. The van der Waals surface area contributed by atoms with Crippen LogP contribution in [0.25, 0.3) is 0 Å². The molecule has 2 N–H and O–H groups in total. The Morgan fingerprint density at radius 3 is 0.610 bits per heavy atom.